The van der Waals surface area contributed by atoms with Crippen LogP contribution in [0.25, 0.3) is 0 Å². The van der Waals surface area contributed by atoms with Gasteiger partial charge in [0.05, 0.1) is 12.6 Å². The summed E-state index contributed by atoms with van der Waals surface area (Å²) in [5, 5.41) is 22.4. The van der Waals surface area contributed by atoms with Crippen LogP contribution in [0.5, 0.6) is 0 Å². The number of alkyl carbamates (subject to hydrolysis) is 1. The zero-order chi connectivity index (χ0) is 13.1. The SMILES string of the molecule is CC(C)(C)OC(=O)NC[C@]1(O)CCCC[C@H]1O. The van der Waals surface area contributed by atoms with Gasteiger partial charge in [0.25, 0.3) is 0 Å². The lowest BCUT2D eigenvalue weighted by atomic mass is 9.82. The number of ether oxygens (including phenoxy) is 1. The number of nitrogens with one attached hydrogen (secondary N) is 1. The van der Waals surface area contributed by atoms with E-state index in [1.807, 2.05) is 0 Å². The Labute approximate surface area is 102 Å². The number of carbonyl (C=O) groups is 1. The second-order valence-electron chi connectivity index (χ2n) is 5.72. The van der Waals surface area contributed by atoms with Gasteiger partial charge in [-0.3, -0.25) is 0 Å². The molecule has 5 heteroatoms. The summed E-state index contributed by atoms with van der Waals surface area (Å²) >= 11 is 0. The number of aliphatic hydroxyl groups excluding tert-OH is 1. The van der Waals surface area contributed by atoms with Crippen molar-refractivity contribution >= 4 is 6.09 Å². The van der Waals surface area contributed by atoms with Crippen LogP contribution in [0, 0.1) is 0 Å². The van der Waals surface area contributed by atoms with E-state index in [1.54, 1.807) is 20.8 Å². The monoisotopic (exact) mass is 245 g/mol. The summed E-state index contributed by atoms with van der Waals surface area (Å²) in [5.41, 5.74) is -1.77. The van der Waals surface area contributed by atoms with Crippen molar-refractivity contribution in [2.75, 3.05) is 6.54 Å². The maximum absolute atomic E-state index is 11.4. The third-order valence-corrected chi connectivity index (χ3v) is 2.90. The van der Waals surface area contributed by atoms with E-state index in [9.17, 15) is 15.0 Å². The Bertz CT molecular complexity index is 274. The lowest BCUT2D eigenvalue weighted by molar-refractivity contribution is -0.0972. The largest absolute Gasteiger partial charge is 0.444 e. The van der Waals surface area contributed by atoms with E-state index in [4.69, 9.17) is 4.74 Å². The van der Waals surface area contributed by atoms with Crippen molar-refractivity contribution in [2.24, 2.45) is 0 Å². The van der Waals surface area contributed by atoms with Crippen LogP contribution in [0.2, 0.25) is 0 Å². The van der Waals surface area contributed by atoms with Crippen molar-refractivity contribution in [2.45, 2.75) is 63.8 Å². The average Bonchev–Trinajstić information content (AvgIpc) is 2.18. The number of aliphatic hydroxyl groups is 2. The Morgan fingerprint density at radius 3 is 2.65 bits per heavy atom. The highest BCUT2D eigenvalue weighted by Crippen LogP contribution is 2.27. The van der Waals surface area contributed by atoms with Gasteiger partial charge in [0, 0.05) is 0 Å². The number of hydrogen-bond donors (Lipinski definition) is 3. The smallest absolute Gasteiger partial charge is 0.407 e. The lowest BCUT2D eigenvalue weighted by Crippen LogP contribution is -2.53. The maximum atomic E-state index is 11.4. The minimum atomic E-state index is -1.21. The van der Waals surface area contributed by atoms with Gasteiger partial charge in [-0.1, -0.05) is 12.8 Å². The van der Waals surface area contributed by atoms with E-state index in [0.29, 0.717) is 12.8 Å². The molecular formula is C12H23NO4. The van der Waals surface area contributed by atoms with Gasteiger partial charge in [0.15, 0.2) is 0 Å². The van der Waals surface area contributed by atoms with Crippen LogP contribution in [0.3, 0.4) is 0 Å². The highest BCUT2D eigenvalue weighted by molar-refractivity contribution is 5.67. The second-order valence-corrected chi connectivity index (χ2v) is 5.72. The van der Waals surface area contributed by atoms with E-state index < -0.39 is 23.4 Å². The normalized spacial score (nSPS) is 29.8. The molecule has 3 N–H and O–H groups in total. The van der Waals surface area contributed by atoms with Crippen LogP contribution in [-0.2, 0) is 4.74 Å². The molecule has 5 nitrogen and oxygen atoms in total. The van der Waals surface area contributed by atoms with E-state index in [0.717, 1.165) is 12.8 Å². The Balaban J connectivity index is 2.41. The molecule has 2 atom stereocenters. The van der Waals surface area contributed by atoms with Crippen molar-refractivity contribution in [1.29, 1.82) is 0 Å². The molecule has 0 aromatic carbocycles. The minimum absolute atomic E-state index is 0.0308. The molecule has 1 aliphatic carbocycles. The van der Waals surface area contributed by atoms with Crippen LogP contribution in [-0.4, -0.2) is 40.2 Å². The van der Waals surface area contributed by atoms with Gasteiger partial charge in [-0.25, -0.2) is 4.79 Å². The molecule has 100 valence electrons. The Morgan fingerprint density at radius 2 is 2.12 bits per heavy atom. The molecule has 0 aliphatic heterocycles. The fraction of sp³-hybridized carbons (Fsp3) is 0.917. The molecule has 0 radical (unpaired) electrons. The van der Waals surface area contributed by atoms with Crippen molar-refractivity contribution in [3.63, 3.8) is 0 Å². The maximum Gasteiger partial charge on any atom is 0.407 e. The summed E-state index contributed by atoms with van der Waals surface area (Å²) in [5.74, 6) is 0. The van der Waals surface area contributed by atoms with Crippen LogP contribution in [0.1, 0.15) is 46.5 Å². The van der Waals surface area contributed by atoms with Gasteiger partial charge in [0.1, 0.15) is 11.2 Å². The van der Waals surface area contributed by atoms with Crippen molar-refractivity contribution in [3.05, 3.63) is 0 Å². The first-order valence-corrected chi connectivity index (χ1v) is 6.10. The van der Waals surface area contributed by atoms with Crippen LogP contribution in [0.15, 0.2) is 0 Å². The number of carbonyl (C=O) groups excluding carboxylic acids is 1. The standard InChI is InChI=1S/C12H23NO4/c1-11(2,3)17-10(15)13-8-12(16)7-5-4-6-9(12)14/h9,14,16H,4-8H2,1-3H3,(H,13,15)/t9-,12-/m1/s1. The predicted molar refractivity (Wildman–Crippen MR) is 63.7 cm³/mol. The third kappa shape index (κ3) is 4.52. The molecule has 1 rings (SSSR count). The van der Waals surface area contributed by atoms with Crippen molar-refractivity contribution in [3.8, 4) is 0 Å². The highest BCUT2D eigenvalue weighted by atomic mass is 16.6. The van der Waals surface area contributed by atoms with Crippen LogP contribution >= 0.6 is 0 Å². The van der Waals surface area contributed by atoms with Gasteiger partial charge in [0.2, 0.25) is 0 Å². The topological polar surface area (TPSA) is 78.8 Å². The first-order valence-electron chi connectivity index (χ1n) is 6.10. The highest BCUT2D eigenvalue weighted by Gasteiger charge is 2.38. The molecule has 0 saturated heterocycles. The zero-order valence-corrected chi connectivity index (χ0v) is 10.8. The van der Waals surface area contributed by atoms with Crippen molar-refractivity contribution < 1.29 is 19.7 Å². The van der Waals surface area contributed by atoms with Gasteiger partial charge >= 0.3 is 6.09 Å². The third-order valence-electron chi connectivity index (χ3n) is 2.90. The van der Waals surface area contributed by atoms with Gasteiger partial charge in [-0.15, -0.1) is 0 Å². The predicted octanol–water partition coefficient (Wildman–Crippen LogP) is 1.18. The molecule has 1 fully saturated rings. The fourth-order valence-electron chi connectivity index (χ4n) is 1.95. The molecule has 1 amide bonds. The molecule has 0 unspecified atom stereocenters. The molecule has 0 spiro atoms. The lowest BCUT2D eigenvalue weighted by Gasteiger charge is -2.37. The zero-order valence-electron chi connectivity index (χ0n) is 10.8. The first-order chi connectivity index (χ1) is 7.73. The molecule has 0 heterocycles. The summed E-state index contributed by atoms with van der Waals surface area (Å²) in [6.45, 7) is 5.35. The fourth-order valence-corrected chi connectivity index (χ4v) is 1.95. The summed E-state index contributed by atoms with van der Waals surface area (Å²) < 4.78 is 5.07. The Kier molecular flexibility index (Phi) is 4.38. The Hall–Kier alpha value is -0.810. The van der Waals surface area contributed by atoms with Crippen LogP contribution in [0.4, 0.5) is 4.79 Å². The van der Waals surface area contributed by atoms with Gasteiger partial charge in [-0.2, -0.15) is 0 Å². The minimum Gasteiger partial charge on any atom is -0.444 e. The summed E-state index contributed by atoms with van der Waals surface area (Å²) in [7, 11) is 0. The van der Waals surface area contributed by atoms with Gasteiger partial charge in [-0.05, 0) is 33.6 Å². The summed E-state index contributed by atoms with van der Waals surface area (Å²) in [4.78, 5) is 11.4. The van der Waals surface area contributed by atoms with Crippen LogP contribution < -0.4 is 5.32 Å². The van der Waals surface area contributed by atoms with E-state index in [2.05, 4.69) is 5.32 Å². The summed E-state index contributed by atoms with van der Waals surface area (Å²) in [6.07, 6.45) is 1.52. The quantitative estimate of drug-likeness (QED) is 0.682. The van der Waals surface area contributed by atoms with Crippen molar-refractivity contribution in [1.82, 2.24) is 5.32 Å². The number of rotatable bonds is 2. The number of hydrogen-bond acceptors (Lipinski definition) is 4. The molecule has 0 aromatic rings. The molecular weight excluding hydrogens is 222 g/mol. The number of amides is 1. The van der Waals surface area contributed by atoms with Gasteiger partial charge < -0.3 is 20.3 Å². The second kappa shape index (κ2) is 5.23. The van der Waals surface area contributed by atoms with E-state index in [1.165, 1.54) is 0 Å². The molecule has 0 aromatic heterocycles. The first kappa shape index (κ1) is 14.3. The molecule has 17 heavy (non-hydrogen) atoms. The van der Waals surface area contributed by atoms with E-state index >= 15 is 0 Å². The molecule has 1 saturated carbocycles. The van der Waals surface area contributed by atoms with E-state index in [-0.39, 0.29) is 6.54 Å². The average molecular weight is 245 g/mol. The summed E-state index contributed by atoms with van der Waals surface area (Å²) in [6, 6.07) is 0. The molecule has 1 aliphatic rings. The Morgan fingerprint density at radius 1 is 1.47 bits per heavy atom. The molecule has 0 bridgehead atoms.